The van der Waals surface area contributed by atoms with E-state index in [0.717, 1.165) is 11.3 Å². The molecular formula is C23H23Cl2N3O4. The highest BCUT2D eigenvalue weighted by atomic mass is 35.5. The van der Waals surface area contributed by atoms with Crippen molar-refractivity contribution in [2.24, 2.45) is 0 Å². The first-order valence-corrected chi connectivity index (χ1v) is 10.7. The SMILES string of the molecule is COc1cc(C2c3cccn3CCN2C(=O)Nc2ccc(Cl)c(Cl)c2)cc(OC)c1OC. The monoisotopic (exact) mass is 475 g/mol. The number of amides is 2. The summed E-state index contributed by atoms with van der Waals surface area (Å²) in [4.78, 5) is 15.1. The number of hydrogen-bond acceptors (Lipinski definition) is 4. The standard InChI is InChI=1S/C23H23Cl2N3O4/c1-30-19-11-14(12-20(31-2)22(19)32-3)21-18-5-4-8-27(18)9-10-28(21)23(29)26-15-6-7-16(24)17(25)13-15/h4-8,11-13,21H,9-10H2,1-3H3,(H,26,29). The summed E-state index contributed by atoms with van der Waals surface area (Å²) in [6.07, 6.45) is 2.01. The van der Waals surface area contributed by atoms with Crippen molar-refractivity contribution in [3.8, 4) is 17.2 Å². The minimum absolute atomic E-state index is 0.255. The molecule has 9 heteroatoms. The van der Waals surface area contributed by atoms with Gasteiger partial charge in [-0.15, -0.1) is 0 Å². The van der Waals surface area contributed by atoms with Crippen LogP contribution in [0.15, 0.2) is 48.7 Å². The van der Waals surface area contributed by atoms with E-state index in [1.807, 2.05) is 30.5 Å². The van der Waals surface area contributed by atoms with Gasteiger partial charge >= 0.3 is 6.03 Å². The second-order valence-corrected chi connectivity index (χ2v) is 8.05. The topological polar surface area (TPSA) is 65.0 Å². The number of hydrogen-bond donors (Lipinski definition) is 1. The van der Waals surface area contributed by atoms with Gasteiger partial charge in [-0.25, -0.2) is 4.79 Å². The summed E-state index contributed by atoms with van der Waals surface area (Å²) < 4.78 is 18.7. The molecule has 0 saturated carbocycles. The second-order valence-electron chi connectivity index (χ2n) is 7.24. The summed E-state index contributed by atoms with van der Waals surface area (Å²) in [5.74, 6) is 1.54. The van der Waals surface area contributed by atoms with Crippen molar-refractivity contribution in [3.05, 3.63) is 70.0 Å². The molecular weight excluding hydrogens is 453 g/mol. The lowest BCUT2D eigenvalue weighted by Crippen LogP contribution is -2.44. The van der Waals surface area contributed by atoms with Crippen molar-refractivity contribution >= 4 is 34.9 Å². The van der Waals surface area contributed by atoms with E-state index in [0.29, 0.717) is 46.1 Å². The van der Waals surface area contributed by atoms with Crippen LogP contribution in [0.2, 0.25) is 10.0 Å². The minimum Gasteiger partial charge on any atom is -0.493 e. The Kier molecular flexibility index (Phi) is 6.39. The Morgan fingerprint density at radius 3 is 2.31 bits per heavy atom. The number of anilines is 1. The molecule has 0 bridgehead atoms. The lowest BCUT2D eigenvalue weighted by atomic mass is 9.99. The fourth-order valence-electron chi connectivity index (χ4n) is 3.98. The molecule has 4 rings (SSSR count). The first-order chi connectivity index (χ1) is 15.5. The molecule has 1 atom stereocenters. The van der Waals surface area contributed by atoms with Crippen LogP contribution in [-0.4, -0.2) is 43.4 Å². The van der Waals surface area contributed by atoms with Gasteiger partial charge in [0.15, 0.2) is 11.5 Å². The van der Waals surface area contributed by atoms with Crippen molar-refractivity contribution in [2.75, 3.05) is 33.2 Å². The number of ether oxygens (including phenoxy) is 3. The number of halogens is 2. The maximum absolute atomic E-state index is 13.4. The first-order valence-electron chi connectivity index (χ1n) is 9.94. The number of nitrogens with one attached hydrogen (secondary N) is 1. The predicted octanol–water partition coefficient (Wildman–Crippen LogP) is 5.46. The summed E-state index contributed by atoms with van der Waals surface area (Å²) in [6, 6.07) is 12.1. The van der Waals surface area contributed by atoms with E-state index in [9.17, 15) is 4.79 Å². The molecule has 0 fully saturated rings. The molecule has 168 valence electrons. The van der Waals surface area contributed by atoms with Crippen molar-refractivity contribution in [3.63, 3.8) is 0 Å². The second kappa shape index (κ2) is 9.22. The molecule has 0 radical (unpaired) electrons. The van der Waals surface area contributed by atoms with Gasteiger partial charge in [0.2, 0.25) is 5.75 Å². The number of carbonyl (C=O) groups is 1. The first kappa shape index (κ1) is 22.2. The number of carbonyl (C=O) groups excluding carboxylic acids is 1. The summed E-state index contributed by atoms with van der Waals surface area (Å²) in [6.45, 7) is 1.19. The van der Waals surface area contributed by atoms with Crippen LogP contribution in [0.25, 0.3) is 0 Å². The van der Waals surface area contributed by atoms with Gasteiger partial charge in [-0.05, 0) is 48.0 Å². The molecule has 2 heterocycles. The largest absolute Gasteiger partial charge is 0.493 e. The average molecular weight is 476 g/mol. The fraction of sp³-hybridized carbons (Fsp3) is 0.261. The van der Waals surface area contributed by atoms with E-state index in [-0.39, 0.29) is 12.1 Å². The van der Waals surface area contributed by atoms with Crippen LogP contribution in [0.3, 0.4) is 0 Å². The van der Waals surface area contributed by atoms with Crippen molar-refractivity contribution in [1.82, 2.24) is 9.47 Å². The third kappa shape index (κ3) is 4.06. The smallest absolute Gasteiger partial charge is 0.322 e. The lowest BCUT2D eigenvalue weighted by Gasteiger charge is -2.37. The predicted molar refractivity (Wildman–Crippen MR) is 125 cm³/mol. The molecule has 0 spiro atoms. The van der Waals surface area contributed by atoms with Gasteiger partial charge in [-0.3, -0.25) is 0 Å². The molecule has 3 aromatic rings. The molecule has 1 unspecified atom stereocenters. The maximum Gasteiger partial charge on any atom is 0.322 e. The van der Waals surface area contributed by atoms with Crippen LogP contribution in [0.1, 0.15) is 17.3 Å². The molecule has 32 heavy (non-hydrogen) atoms. The normalized spacial score (nSPS) is 15.2. The number of rotatable bonds is 5. The highest BCUT2D eigenvalue weighted by Crippen LogP contribution is 2.43. The maximum atomic E-state index is 13.4. The third-order valence-electron chi connectivity index (χ3n) is 5.47. The summed E-state index contributed by atoms with van der Waals surface area (Å²) in [5, 5.41) is 3.73. The van der Waals surface area contributed by atoms with Crippen LogP contribution < -0.4 is 19.5 Å². The molecule has 1 aliphatic heterocycles. The van der Waals surface area contributed by atoms with Gasteiger partial charge in [0.25, 0.3) is 0 Å². The average Bonchev–Trinajstić information content (AvgIpc) is 3.28. The number of nitrogens with zero attached hydrogens (tertiary/aromatic N) is 2. The Labute approximate surface area is 196 Å². The lowest BCUT2D eigenvalue weighted by molar-refractivity contribution is 0.181. The number of benzene rings is 2. The zero-order chi connectivity index (χ0) is 22.8. The third-order valence-corrected chi connectivity index (χ3v) is 6.21. The van der Waals surface area contributed by atoms with E-state index in [1.54, 1.807) is 44.4 Å². The van der Waals surface area contributed by atoms with Gasteiger partial charge in [0.1, 0.15) is 0 Å². The fourth-order valence-corrected chi connectivity index (χ4v) is 4.28. The number of aromatic nitrogens is 1. The molecule has 1 aromatic heterocycles. The molecule has 1 N–H and O–H groups in total. The number of methoxy groups -OCH3 is 3. The highest BCUT2D eigenvalue weighted by molar-refractivity contribution is 6.42. The Morgan fingerprint density at radius 2 is 1.69 bits per heavy atom. The van der Waals surface area contributed by atoms with Crippen LogP contribution >= 0.6 is 23.2 Å². The van der Waals surface area contributed by atoms with Crippen molar-refractivity contribution < 1.29 is 19.0 Å². The van der Waals surface area contributed by atoms with E-state index in [1.165, 1.54) is 0 Å². The zero-order valence-electron chi connectivity index (χ0n) is 17.9. The summed E-state index contributed by atoms with van der Waals surface area (Å²) in [7, 11) is 4.70. The number of urea groups is 1. The van der Waals surface area contributed by atoms with Crippen molar-refractivity contribution in [1.29, 1.82) is 0 Å². The number of fused-ring (bicyclic) bond motifs is 1. The molecule has 0 aliphatic carbocycles. The zero-order valence-corrected chi connectivity index (χ0v) is 19.4. The van der Waals surface area contributed by atoms with Crippen LogP contribution in [0.5, 0.6) is 17.2 Å². The molecule has 0 saturated heterocycles. The van der Waals surface area contributed by atoms with Crippen molar-refractivity contribution in [2.45, 2.75) is 12.6 Å². The summed E-state index contributed by atoms with van der Waals surface area (Å²) in [5.41, 5.74) is 2.38. The van der Waals surface area contributed by atoms with Gasteiger partial charge in [-0.1, -0.05) is 23.2 Å². The van der Waals surface area contributed by atoms with Gasteiger partial charge in [-0.2, -0.15) is 0 Å². The van der Waals surface area contributed by atoms with E-state index in [2.05, 4.69) is 9.88 Å². The van der Waals surface area contributed by atoms with Crippen LogP contribution in [0, 0.1) is 0 Å². The molecule has 2 aromatic carbocycles. The Hall–Kier alpha value is -3.03. The van der Waals surface area contributed by atoms with Gasteiger partial charge in [0, 0.05) is 30.7 Å². The minimum atomic E-state index is -0.366. The Morgan fingerprint density at radius 1 is 0.969 bits per heavy atom. The Bertz CT molecular complexity index is 1120. The highest BCUT2D eigenvalue weighted by Gasteiger charge is 2.33. The van der Waals surface area contributed by atoms with Crippen LogP contribution in [0.4, 0.5) is 10.5 Å². The quantitative estimate of drug-likeness (QED) is 0.532. The van der Waals surface area contributed by atoms with Gasteiger partial charge in [0.05, 0.1) is 37.4 Å². The van der Waals surface area contributed by atoms with Gasteiger partial charge < -0.3 is 29.0 Å². The molecule has 2 amide bonds. The Balaban J connectivity index is 1.75. The van der Waals surface area contributed by atoms with E-state index >= 15 is 0 Å². The molecule has 1 aliphatic rings. The van der Waals surface area contributed by atoms with E-state index in [4.69, 9.17) is 37.4 Å². The molecule has 7 nitrogen and oxygen atoms in total. The summed E-state index contributed by atoms with van der Waals surface area (Å²) >= 11 is 12.1. The van der Waals surface area contributed by atoms with Crippen LogP contribution in [-0.2, 0) is 6.54 Å². The van der Waals surface area contributed by atoms with E-state index < -0.39 is 0 Å².